The molecule has 1 aliphatic heterocycles. The van der Waals surface area contributed by atoms with Crippen molar-refractivity contribution in [3.8, 4) is 0 Å². The van der Waals surface area contributed by atoms with Gasteiger partial charge in [-0.05, 0) is 13.3 Å². The Hall–Kier alpha value is -1.30. The monoisotopic (exact) mass is 243 g/mol. The maximum absolute atomic E-state index is 12.0. The standard InChI is InChI=1S/C11H21N3O3/c1-3-11(2)8-17-7-6-14(11)9(15)4-5-13-10(12)16/h3-8H2,1-2H3,(H3,12,13,16). The van der Waals surface area contributed by atoms with Crippen LogP contribution in [0.1, 0.15) is 26.7 Å². The molecule has 1 aliphatic rings. The number of amides is 3. The highest BCUT2D eigenvalue weighted by atomic mass is 16.5. The molecule has 0 aromatic carbocycles. The number of urea groups is 1. The number of nitrogens with two attached hydrogens (primary N) is 1. The molecule has 6 heteroatoms. The molecule has 1 unspecified atom stereocenters. The van der Waals surface area contributed by atoms with Crippen molar-refractivity contribution < 1.29 is 14.3 Å². The fourth-order valence-corrected chi connectivity index (χ4v) is 1.94. The molecule has 0 saturated carbocycles. The quantitative estimate of drug-likeness (QED) is 0.733. The van der Waals surface area contributed by atoms with Crippen molar-refractivity contribution in [1.82, 2.24) is 10.2 Å². The molecule has 1 rings (SSSR count). The highest BCUT2D eigenvalue weighted by molar-refractivity contribution is 5.78. The third-order valence-electron chi connectivity index (χ3n) is 3.22. The van der Waals surface area contributed by atoms with Crippen LogP contribution in [0.2, 0.25) is 0 Å². The normalized spacial score (nSPS) is 24.5. The topological polar surface area (TPSA) is 84.7 Å². The van der Waals surface area contributed by atoms with Gasteiger partial charge in [0.2, 0.25) is 5.91 Å². The van der Waals surface area contributed by atoms with E-state index in [0.717, 1.165) is 6.42 Å². The number of carbonyl (C=O) groups is 2. The molecule has 1 saturated heterocycles. The fraction of sp³-hybridized carbons (Fsp3) is 0.818. The minimum absolute atomic E-state index is 0.0337. The second kappa shape index (κ2) is 5.86. The van der Waals surface area contributed by atoms with Gasteiger partial charge in [-0.25, -0.2) is 4.79 Å². The van der Waals surface area contributed by atoms with Gasteiger partial charge in [0.15, 0.2) is 0 Å². The largest absolute Gasteiger partial charge is 0.377 e. The van der Waals surface area contributed by atoms with Gasteiger partial charge >= 0.3 is 6.03 Å². The van der Waals surface area contributed by atoms with Crippen LogP contribution in [0.25, 0.3) is 0 Å². The summed E-state index contributed by atoms with van der Waals surface area (Å²) in [4.78, 5) is 24.4. The van der Waals surface area contributed by atoms with Crippen LogP contribution in [0, 0.1) is 0 Å². The summed E-state index contributed by atoms with van der Waals surface area (Å²) in [5.41, 5.74) is 4.71. The van der Waals surface area contributed by atoms with E-state index in [1.54, 1.807) is 0 Å². The highest BCUT2D eigenvalue weighted by Gasteiger charge is 2.36. The molecule has 0 aliphatic carbocycles. The predicted molar refractivity (Wildman–Crippen MR) is 63.4 cm³/mol. The number of primary amides is 1. The Labute approximate surface area is 101 Å². The first-order chi connectivity index (χ1) is 7.99. The van der Waals surface area contributed by atoms with Crippen molar-refractivity contribution in [1.29, 1.82) is 0 Å². The second-order valence-electron chi connectivity index (χ2n) is 4.49. The third-order valence-corrected chi connectivity index (χ3v) is 3.22. The first-order valence-corrected chi connectivity index (χ1v) is 5.91. The Kier molecular flexibility index (Phi) is 4.74. The number of nitrogens with one attached hydrogen (secondary N) is 1. The summed E-state index contributed by atoms with van der Waals surface area (Å²) in [6, 6.07) is -0.599. The molecular weight excluding hydrogens is 222 g/mol. The summed E-state index contributed by atoms with van der Waals surface area (Å²) in [6.07, 6.45) is 1.13. The molecule has 98 valence electrons. The van der Waals surface area contributed by atoms with Gasteiger partial charge in [0.25, 0.3) is 0 Å². The van der Waals surface area contributed by atoms with Crippen LogP contribution >= 0.6 is 0 Å². The zero-order valence-corrected chi connectivity index (χ0v) is 10.5. The van der Waals surface area contributed by atoms with E-state index in [4.69, 9.17) is 10.5 Å². The zero-order valence-electron chi connectivity index (χ0n) is 10.5. The predicted octanol–water partition coefficient (Wildman–Crippen LogP) is 0.0723. The van der Waals surface area contributed by atoms with Gasteiger partial charge in [0, 0.05) is 19.5 Å². The van der Waals surface area contributed by atoms with Gasteiger partial charge in [0.1, 0.15) is 0 Å². The molecule has 6 nitrogen and oxygen atoms in total. The molecule has 0 spiro atoms. The van der Waals surface area contributed by atoms with Crippen molar-refractivity contribution in [3.63, 3.8) is 0 Å². The SMILES string of the molecule is CCC1(C)COCCN1C(=O)CCNC(N)=O. The van der Waals surface area contributed by atoms with Gasteiger partial charge in [-0.3, -0.25) is 4.79 Å². The lowest BCUT2D eigenvalue weighted by atomic mass is 9.95. The summed E-state index contributed by atoms with van der Waals surface area (Å²) < 4.78 is 5.42. The summed E-state index contributed by atoms with van der Waals surface area (Å²) in [5, 5.41) is 2.42. The molecule has 1 atom stereocenters. The van der Waals surface area contributed by atoms with E-state index >= 15 is 0 Å². The number of ether oxygens (including phenoxy) is 1. The minimum atomic E-state index is -0.599. The van der Waals surface area contributed by atoms with E-state index in [9.17, 15) is 9.59 Å². The maximum Gasteiger partial charge on any atom is 0.312 e. The van der Waals surface area contributed by atoms with Gasteiger partial charge in [-0.2, -0.15) is 0 Å². The lowest BCUT2D eigenvalue weighted by molar-refractivity contribution is -0.148. The molecule has 0 bridgehead atoms. The van der Waals surface area contributed by atoms with Crippen molar-refractivity contribution in [2.24, 2.45) is 5.73 Å². The zero-order chi connectivity index (χ0) is 12.9. The van der Waals surface area contributed by atoms with Gasteiger partial charge in [-0.15, -0.1) is 0 Å². The Morgan fingerprint density at radius 2 is 2.24 bits per heavy atom. The van der Waals surface area contributed by atoms with Crippen LogP contribution in [0.3, 0.4) is 0 Å². The van der Waals surface area contributed by atoms with Gasteiger partial charge < -0.3 is 20.7 Å². The number of hydrogen-bond donors (Lipinski definition) is 2. The number of hydrogen-bond acceptors (Lipinski definition) is 3. The summed E-state index contributed by atoms with van der Waals surface area (Å²) in [6.45, 7) is 6.09. The van der Waals surface area contributed by atoms with E-state index in [0.29, 0.717) is 19.8 Å². The van der Waals surface area contributed by atoms with Crippen LogP contribution in [0.15, 0.2) is 0 Å². The number of carbonyl (C=O) groups excluding carboxylic acids is 2. The molecule has 3 amide bonds. The first-order valence-electron chi connectivity index (χ1n) is 5.91. The van der Waals surface area contributed by atoms with Crippen molar-refractivity contribution in [3.05, 3.63) is 0 Å². The molecule has 0 aromatic rings. The summed E-state index contributed by atoms with van der Waals surface area (Å²) >= 11 is 0. The highest BCUT2D eigenvalue weighted by Crippen LogP contribution is 2.23. The Morgan fingerprint density at radius 1 is 1.53 bits per heavy atom. The molecule has 3 N–H and O–H groups in total. The molecule has 17 heavy (non-hydrogen) atoms. The van der Waals surface area contributed by atoms with E-state index in [1.165, 1.54) is 0 Å². The number of rotatable bonds is 4. The molecular formula is C11H21N3O3. The van der Waals surface area contributed by atoms with Crippen LogP contribution in [-0.4, -0.2) is 48.7 Å². The average Bonchev–Trinajstić information content (AvgIpc) is 2.29. The third kappa shape index (κ3) is 3.59. The van der Waals surface area contributed by atoms with E-state index < -0.39 is 6.03 Å². The molecule has 1 heterocycles. The van der Waals surface area contributed by atoms with E-state index in [2.05, 4.69) is 5.32 Å². The van der Waals surface area contributed by atoms with E-state index in [-0.39, 0.29) is 24.4 Å². The molecule has 0 radical (unpaired) electrons. The second-order valence-corrected chi connectivity index (χ2v) is 4.49. The van der Waals surface area contributed by atoms with Crippen molar-refractivity contribution in [2.75, 3.05) is 26.3 Å². The van der Waals surface area contributed by atoms with Crippen LogP contribution in [0.5, 0.6) is 0 Å². The molecule has 0 aromatic heterocycles. The van der Waals surface area contributed by atoms with Gasteiger partial charge in [-0.1, -0.05) is 6.92 Å². The van der Waals surface area contributed by atoms with Crippen LogP contribution in [0.4, 0.5) is 4.79 Å². The average molecular weight is 243 g/mol. The minimum Gasteiger partial charge on any atom is -0.377 e. The van der Waals surface area contributed by atoms with Crippen LogP contribution < -0.4 is 11.1 Å². The summed E-state index contributed by atoms with van der Waals surface area (Å²) in [5.74, 6) is 0.0337. The van der Waals surface area contributed by atoms with E-state index in [1.807, 2.05) is 18.7 Å². The van der Waals surface area contributed by atoms with Crippen molar-refractivity contribution in [2.45, 2.75) is 32.2 Å². The number of morpholine rings is 1. The maximum atomic E-state index is 12.0. The Morgan fingerprint density at radius 3 is 2.82 bits per heavy atom. The van der Waals surface area contributed by atoms with Gasteiger partial charge in [0.05, 0.1) is 18.8 Å². The lowest BCUT2D eigenvalue weighted by Crippen LogP contribution is -2.57. The molecule has 1 fully saturated rings. The van der Waals surface area contributed by atoms with Crippen LogP contribution in [-0.2, 0) is 9.53 Å². The lowest BCUT2D eigenvalue weighted by Gasteiger charge is -2.44. The number of nitrogens with zero attached hydrogens (tertiary/aromatic N) is 1. The van der Waals surface area contributed by atoms with Crippen molar-refractivity contribution >= 4 is 11.9 Å². The smallest absolute Gasteiger partial charge is 0.312 e. The Bertz CT molecular complexity index is 296. The Balaban J connectivity index is 2.51. The first kappa shape index (κ1) is 13.8. The fourth-order valence-electron chi connectivity index (χ4n) is 1.94. The summed E-state index contributed by atoms with van der Waals surface area (Å²) in [7, 11) is 0.